The van der Waals surface area contributed by atoms with E-state index in [4.69, 9.17) is 0 Å². The van der Waals surface area contributed by atoms with Crippen molar-refractivity contribution >= 4 is 12.2 Å². The van der Waals surface area contributed by atoms with Crippen LogP contribution >= 0.6 is 0 Å². The molecule has 1 aromatic rings. The maximum Gasteiger partial charge on any atom is 0.419 e. The SMILES string of the molecule is CNCCN(CC=O)c1ncc(C(F)(F)F)cn1. The van der Waals surface area contributed by atoms with Crippen molar-refractivity contribution in [1.82, 2.24) is 15.3 Å². The third-order valence-corrected chi connectivity index (χ3v) is 2.18. The van der Waals surface area contributed by atoms with Gasteiger partial charge in [0.25, 0.3) is 0 Å². The molecule has 1 N–H and O–H groups in total. The first-order valence-electron chi connectivity index (χ1n) is 5.21. The van der Waals surface area contributed by atoms with E-state index in [0.717, 1.165) is 0 Å². The molecule has 0 radical (unpaired) electrons. The number of hydrogen-bond acceptors (Lipinski definition) is 5. The van der Waals surface area contributed by atoms with Crippen LogP contribution in [0, 0.1) is 0 Å². The average Bonchev–Trinajstić information content (AvgIpc) is 2.33. The molecule has 8 heteroatoms. The monoisotopic (exact) mass is 262 g/mol. The summed E-state index contributed by atoms with van der Waals surface area (Å²) in [4.78, 5) is 19.2. The predicted molar refractivity (Wildman–Crippen MR) is 59.2 cm³/mol. The van der Waals surface area contributed by atoms with Gasteiger partial charge in [0, 0.05) is 25.5 Å². The summed E-state index contributed by atoms with van der Waals surface area (Å²) >= 11 is 0. The van der Waals surface area contributed by atoms with Gasteiger partial charge in [0.1, 0.15) is 6.29 Å². The van der Waals surface area contributed by atoms with E-state index >= 15 is 0 Å². The summed E-state index contributed by atoms with van der Waals surface area (Å²) in [5.74, 6) is 0.102. The van der Waals surface area contributed by atoms with Gasteiger partial charge in [-0.2, -0.15) is 13.2 Å². The average molecular weight is 262 g/mol. The molecule has 0 amide bonds. The Morgan fingerprint density at radius 3 is 2.44 bits per heavy atom. The van der Waals surface area contributed by atoms with E-state index in [2.05, 4.69) is 15.3 Å². The van der Waals surface area contributed by atoms with Gasteiger partial charge in [0.15, 0.2) is 0 Å². The van der Waals surface area contributed by atoms with E-state index in [9.17, 15) is 18.0 Å². The van der Waals surface area contributed by atoms with Crippen LogP contribution in [0.4, 0.5) is 19.1 Å². The molecule has 0 aromatic carbocycles. The van der Waals surface area contributed by atoms with E-state index in [0.29, 0.717) is 31.8 Å². The fraction of sp³-hybridized carbons (Fsp3) is 0.500. The van der Waals surface area contributed by atoms with Gasteiger partial charge in [-0.25, -0.2) is 9.97 Å². The Kier molecular flexibility index (Phi) is 5.02. The number of halogens is 3. The highest BCUT2D eigenvalue weighted by atomic mass is 19.4. The van der Waals surface area contributed by atoms with E-state index in [1.54, 1.807) is 7.05 Å². The van der Waals surface area contributed by atoms with Crippen molar-refractivity contribution in [2.45, 2.75) is 6.18 Å². The van der Waals surface area contributed by atoms with Crippen LogP contribution in [-0.4, -0.2) is 42.9 Å². The van der Waals surface area contributed by atoms with Crippen molar-refractivity contribution in [2.24, 2.45) is 0 Å². The molecule has 0 aliphatic carbocycles. The molecule has 100 valence electrons. The number of aldehydes is 1. The summed E-state index contributed by atoms with van der Waals surface area (Å²) < 4.78 is 36.9. The zero-order valence-electron chi connectivity index (χ0n) is 9.74. The molecule has 0 aliphatic rings. The number of rotatable bonds is 6. The van der Waals surface area contributed by atoms with Crippen LogP contribution in [0.5, 0.6) is 0 Å². The summed E-state index contributed by atoms with van der Waals surface area (Å²) in [6.07, 6.45) is -2.39. The Morgan fingerprint density at radius 2 is 2.00 bits per heavy atom. The largest absolute Gasteiger partial charge is 0.419 e. The van der Waals surface area contributed by atoms with Crippen molar-refractivity contribution in [1.29, 1.82) is 0 Å². The molecule has 0 atom stereocenters. The fourth-order valence-corrected chi connectivity index (χ4v) is 1.24. The Labute approximate surface area is 102 Å². The van der Waals surface area contributed by atoms with E-state index in [1.807, 2.05) is 0 Å². The number of carbonyl (C=O) groups is 1. The third-order valence-electron chi connectivity index (χ3n) is 2.18. The van der Waals surface area contributed by atoms with Crippen molar-refractivity contribution in [3.63, 3.8) is 0 Å². The molecular weight excluding hydrogens is 249 g/mol. The minimum atomic E-state index is -4.46. The normalized spacial score (nSPS) is 11.3. The highest BCUT2D eigenvalue weighted by Crippen LogP contribution is 2.28. The second-order valence-corrected chi connectivity index (χ2v) is 3.49. The summed E-state index contributed by atoms with van der Waals surface area (Å²) in [6.45, 7) is 1.03. The predicted octanol–water partition coefficient (Wildman–Crippen LogP) is 0.720. The Hall–Kier alpha value is -1.70. The van der Waals surface area contributed by atoms with E-state index in [-0.39, 0.29) is 12.5 Å². The molecule has 1 aromatic heterocycles. The summed E-state index contributed by atoms with van der Waals surface area (Å²) in [5, 5.41) is 2.87. The van der Waals surface area contributed by atoms with Crippen LogP contribution < -0.4 is 10.2 Å². The van der Waals surface area contributed by atoms with Gasteiger partial charge < -0.3 is 15.0 Å². The number of nitrogens with zero attached hydrogens (tertiary/aromatic N) is 3. The van der Waals surface area contributed by atoms with Gasteiger partial charge in [-0.05, 0) is 7.05 Å². The van der Waals surface area contributed by atoms with Crippen molar-refractivity contribution in [3.05, 3.63) is 18.0 Å². The van der Waals surface area contributed by atoms with Crippen LogP contribution in [-0.2, 0) is 11.0 Å². The van der Waals surface area contributed by atoms with Crippen LogP contribution in [0.15, 0.2) is 12.4 Å². The smallest absolute Gasteiger partial charge is 0.333 e. The second-order valence-electron chi connectivity index (χ2n) is 3.49. The van der Waals surface area contributed by atoms with Gasteiger partial charge >= 0.3 is 6.18 Å². The first-order valence-corrected chi connectivity index (χ1v) is 5.21. The number of carbonyl (C=O) groups excluding carboxylic acids is 1. The van der Waals surface area contributed by atoms with Crippen LogP contribution in [0.25, 0.3) is 0 Å². The second kappa shape index (κ2) is 6.29. The Morgan fingerprint density at radius 1 is 1.39 bits per heavy atom. The molecule has 18 heavy (non-hydrogen) atoms. The Balaban J connectivity index is 2.82. The minimum Gasteiger partial charge on any atom is -0.333 e. The fourth-order valence-electron chi connectivity index (χ4n) is 1.24. The highest BCUT2D eigenvalue weighted by Gasteiger charge is 2.31. The minimum absolute atomic E-state index is 0.0348. The first kappa shape index (κ1) is 14.4. The van der Waals surface area contributed by atoms with Crippen LogP contribution in [0.1, 0.15) is 5.56 Å². The molecule has 0 bridgehead atoms. The van der Waals surface area contributed by atoms with Gasteiger partial charge in [-0.1, -0.05) is 0 Å². The quantitative estimate of drug-likeness (QED) is 0.765. The highest BCUT2D eigenvalue weighted by molar-refractivity contribution is 5.58. The van der Waals surface area contributed by atoms with Crippen molar-refractivity contribution in [2.75, 3.05) is 31.6 Å². The standard InChI is InChI=1S/C10H13F3N4O/c1-14-2-3-17(4-5-18)9-15-6-8(7-16-9)10(11,12)13/h5-7,14H,2-4H2,1H3. The van der Waals surface area contributed by atoms with Gasteiger partial charge in [0.2, 0.25) is 5.95 Å². The van der Waals surface area contributed by atoms with Gasteiger partial charge in [0.05, 0.1) is 12.1 Å². The van der Waals surface area contributed by atoms with E-state index < -0.39 is 11.7 Å². The van der Waals surface area contributed by atoms with Gasteiger partial charge in [-0.15, -0.1) is 0 Å². The molecule has 0 fully saturated rings. The lowest BCUT2D eigenvalue weighted by atomic mass is 10.3. The number of hydrogen-bond donors (Lipinski definition) is 1. The van der Waals surface area contributed by atoms with Crippen molar-refractivity contribution in [3.8, 4) is 0 Å². The molecule has 0 spiro atoms. The third kappa shape index (κ3) is 3.95. The molecule has 0 unspecified atom stereocenters. The van der Waals surface area contributed by atoms with Crippen LogP contribution in [0.2, 0.25) is 0 Å². The maximum atomic E-state index is 12.3. The molecule has 0 aliphatic heterocycles. The van der Waals surface area contributed by atoms with Gasteiger partial charge in [-0.3, -0.25) is 0 Å². The molecule has 5 nitrogen and oxygen atoms in total. The Bertz CT molecular complexity index is 380. The zero-order chi connectivity index (χ0) is 13.6. The zero-order valence-corrected chi connectivity index (χ0v) is 9.74. The lowest BCUT2D eigenvalue weighted by molar-refractivity contribution is -0.138. The lowest BCUT2D eigenvalue weighted by Gasteiger charge is -2.19. The molecule has 1 heterocycles. The topological polar surface area (TPSA) is 58.1 Å². The number of likely N-dealkylation sites (N-methyl/N-ethyl adjacent to an activating group) is 1. The summed E-state index contributed by atoms with van der Waals surface area (Å²) in [6, 6.07) is 0. The lowest BCUT2D eigenvalue weighted by Crippen LogP contribution is -2.33. The van der Waals surface area contributed by atoms with Crippen molar-refractivity contribution < 1.29 is 18.0 Å². The molecule has 0 saturated carbocycles. The maximum absolute atomic E-state index is 12.3. The number of alkyl halides is 3. The molecule has 1 rings (SSSR count). The van der Waals surface area contributed by atoms with E-state index in [1.165, 1.54) is 4.90 Å². The molecular formula is C10H13F3N4O. The number of anilines is 1. The summed E-state index contributed by atoms with van der Waals surface area (Å²) in [5.41, 5.74) is -0.911. The first-order chi connectivity index (χ1) is 8.49. The number of nitrogens with one attached hydrogen (secondary N) is 1. The number of aromatic nitrogens is 2. The molecule has 0 saturated heterocycles. The van der Waals surface area contributed by atoms with Crippen LogP contribution in [0.3, 0.4) is 0 Å². The summed E-state index contributed by atoms with van der Waals surface area (Å²) in [7, 11) is 1.73.